The van der Waals surface area contributed by atoms with Crippen LogP contribution in [0.1, 0.15) is 25.3 Å². The molecule has 0 saturated heterocycles. The lowest BCUT2D eigenvalue weighted by Gasteiger charge is -2.10. The molecule has 1 aliphatic rings. The van der Waals surface area contributed by atoms with E-state index in [1.807, 2.05) is 24.4 Å². The molecule has 25 heavy (non-hydrogen) atoms. The van der Waals surface area contributed by atoms with E-state index in [0.717, 1.165) is 47.9 Å². The highest BCUT2D eigenvalue weighted by molar-refractivity contribution is 6.32. The lowest BCUT2D eigenvalue weighted by atomic mass is 10.1. The van der Waals surface area contributed by atoms with Crippen LogP contribution in [0, 0.1) is 0 Å². The van der Waals surface area contributed by atoms with Crippen molar-refractivity contribution in [3.63, 3.8) is 0 Å². The van der Waals surface area contributed by atoms with E-state index in [1.165, 1.54) is 5.57 Å². The highest BCUT2D eigenvalue weighted by Crippen LogP contribution is 2.25. The van der Waals surface area contributed by atoms with Crippen LogP contribution in [0.3, 0.4) is 0 Å². The van der Waals surface area contributed by atoms with E-state index < -0.39 is 0 Å². The van der Waals surface area contributed by atoms with Crippen LogP contribution in [0.5, 0.6) is 5.75 Å². The van der Waals surface area contributed by atoms with Crippen LogP contribution in [0.15, 0.2) is 41.8 Å². The Hall–Kier alpha value is -2.40. The summed E-state index contributed by atoms with van der Waals surface area (Å²) in [6.45, 7) is 2.86. The van der Waals surface area contributed by atoms with E-state index in [2.05, 4.69) is 33.3 Å². The van der Waals surface area contributed by atoms with Crippen LogP contribution in [-0.2, 0) is 6.42 Å². The summed E-state index contributed by atoms with van der Waals surface area (Å²) in [5.41, 5.74) is 3.11. The number of halogens is 1. The van der Waals surface area contributed by atoms with Crippen LogP contribution < -0.4 is 20.8 Å². The summed E-state index contributed by atoms with van der Waals surface area (Å²) < 4.78 is 5.19. The maximum Gasteiger partial charge on any atom is 0.164 e. The molecule has 0 unspecified atom stereocenters. The van der Waals surface area contributed by atoms with Crippen molar-refractivity contribution < 1.29 is 4.74 Å². The third-order valence-corrected chi connectivity index (χ3v) is 4.46. The zero-order valence-corrected chi connectivity index (χ0v) is 15.2. The van der Waals surface area contributed by atoms with Gasteiger partial charge in [-0.2, -0.15) is 0 Å². The Morgan fingerprint density at radius 3 is 2.96 bits per heavy atom. The maximum atomic E-state index is 6.18. The summed E-state index contributed by atoms with van der Waals surface area (Å²) in [5, 5.41) is 5.06. The summed E-state index contributed by atoms with van der Waals surface area (Å²) in [6, 6.07) is 5.85. The first-order valence-corrected chi connectivity index (χ1v) is 8.67. The molecule has 2 aromatic rings. The summed E-state index contributed by atoms with van der Waals surface area (Å²) >= 11 is 6.18. The van der Waals surface area contributed by atoms with E-state index in [9.17, 15) is 0 Å². The zero-order valence-electron chi connectivity index (χ0n) is 14.4. The molecule has 1 N–H and O–H groups in total. The molecular weight excluding hydrogens is 336 g/mol. The van der Waals surface area contributed by atoms with Gasteiger partial charge < -0.3 is 10.1 Å². The standard InChI is InChI=1S/C19H21ClN4O/c1-13-5-3-4-9-21-18-17(13)19(24-12-23-18)22-10-8-14-6-7-16(25-2)15(20)11-14/h4,6-7,9,11-12H,3,5,8,10H2,1-2H3,(H,21,22,23,24). The zero-order chi connectivity index (χ0) is 17.6. The Bertz CT molecular complexity index is 908. The van der Waals surface area contributed by atoms with Gasteiger partial charge in [-0.3, -0.25) is 0 Å². The number of fused-ring (bicyclic) bond motifs is 1. The molecule has 0 fully saturated rings. The fourth-order valence-electron chi connectivity index (χ4n) is 2.81. The van der Waals surface area contributed by atoms with Gasteiger partial charge in [0.15, 0.2) is 5.49 Å². The molecule has 0 radical (unpaired) electrons. The van der Waals surface area contributed by atoms with Gasteiger partial charge in [0.2, 0.25) is 0 Å². The molecule has 6 heteroatoms. The van der Waals surface area contributed by atoms with Gasteiger partial charge in [-0.25, -0.2) is 15.0 Å². The van der Waals surface area contributed by atoms with Crippen LogP contribution in [0.25, 0.3) is 5.57 Å². The number of allylic oxidation sites excluding steroid dienone is 1. The summed E-state index contributed by atoms with van der Waals surface area (Å²) in [5.74, 6) is 1.52. The predicted octanol–water partition coefficient (Wildman–Crippen LogP) is 2.89. The second kappa shape index (κ2) is 8.12. The van der Waals surface area contributed by atoms with E-state index in [-0.39, 0.29) is 0 Å². The first-order chi connectivity index (χ1) is 12.2. The summed E-state index contributed by atoms with van der Waals surface area (Å²) in [7, 11) is 1.62. The number of anilines is 1. The Kier molecular flexibility index (Phi) is 5.66. The lowest BCUT2D eigenvalue weighted by Crippen LogP contribution is -2.34. The Morgan fingerprint density at radius 2 is 2.16 bits per heavy atom. The normalized spacial score (nSPS) is 13.5. The Labute approximate surface area is 152 Å². The van der Waals surface area contributed by atoms with Gasteiger partial charge in [0.25, 0.3) is 0 Å². The van der Waals surface area contributed by atoms with Crippen LogP contribution in [0.4, 0.5) is 5.82 Å². The van der Waals surface area contributed by atoms with Gasteiger partial charge in [-0.1, -0.05) is 29.3 Å². The van der Waals surface area contributed by atoms with Crippen molar-refractivity contribution in [2.24, 2.45) is 4.99 Å². The monoisotopic (exact) mass is 356 g/mol. The highest BCUT2D eigenvalue weighted by atomic mass is 35.5. The average Bonchev–Trinajstić information content (AvgIpc) is 2.60. The van der Waals surface area contributed by atoms with Gasteiger partial charge in [0.1, 0.15) is 17.9 Å². The summed E-state index contributed by atoms with van der Waals surface area (Å²) in [4.78, 5) is 13.2. The predicted molar refractivity (Wildman–Crippen MR) is 100 cm³/mol. The molecule has 1 aromatic carbocycles. The number of methoxy groups -OCH3 is 1. The fourth-order valence-corrected chi connectivity index (χ4v) is 3.09. The van der Waals surface area contributed by atoms with Gasteiger partial charge in [0, 0.05) is 12.7 Å². The molecule has 0 spiro atoms. The van der Waals surface area contributed by atoms with Crippen molar-refractivity contribution in [3.8, 4) is 5.75 Å². The maximum absolute atomic E-state index is 6.18. The van der Waals surface area contributed by atoms with Crippen molar-refractivity contribution in [1.82, 2.24) is 9.97 Å². The molecule has 130 valence electrons. The molecule has 0 saturated carbocycles. The summed E-state index contributed by atoms with van der Waals surface area (Å²) in [6.07, 6.45) is 8.23. The third-order valence-electron chi connectivity index (χ3n) is 4.16. The molecule has 3 rings (SSSR count). The molecule has 0 amide bonds. The average molecular weight is 357 g/mol. The number of benzene rings is 1. The van der Waals surface area contributed by atoms with Crippen LogP contribution in [0.2, 0.25) is 5.02 Å². The Morgan fingerprint density at radius 1 is 1.28 bits per heavy atom. The van der Waals surface area contributed by atoms with Crippen molar-refractivity contribution in [2.75, 3.05) is 19.0 Å². The first kappa shape index (κ1) is 17.4. The van der Waals surface area contributed by atoms with Gasteiger partial charge >= 0.3 is 0 Å². The minimum Gasteiger partial charge on any atom is -0.495 e. The van der Waals surface area contributed by atoms with E-state index in [1.54, 1.807) is 13.4 Å². The van der Waals surface area contributed by atoms with Crippen molar-refractivity contribution in [1.29, 1.82) is 0 Å². The minimum atomic E-state index is 0.627. The first-order valence-electron chi connectivity index (χ1n) is 8.29. The SMILES string of the molecule is COc1ccc(CCNc2ncnc3c2=C(C)CCC=CN=3)cc1Cl. The minimum absolute atomic E-state index is 0.627. The quantitative estimate of drug-likeness (QED) is 0.894. The molecule has 0 atom stereocenters. The van der Waals surface area contributed by atoms with Crippen LogP contribution >= 0.6 is 11.6 Å². The van der Waals surface area contributed by atoms with Gasteiger partial charge in [0.05, 0.1) is 17.4 Å². The molecule has 0 aliphatic carbocycles. The van der Waals surface area contributed by atoms with Crippen LogP contribution in [-0.4, -0.2) is 23.6 Å². The molecule has 0 bridgehead atoms. The number of ether oxygens (including phenoxy) is 1. The molecule has 1 aliphatic heterocycles. The van der Waals surface area contributed by atoms with Gasteiger partial charge in [-0.05, 0) is 43.9 Å². The smallest absolute Gasteiger partial charge is 0.164 e. The number of rotatable bonds is 5. The van der Waals surface area contributed by atoms with E-state index in [4.69, 9.17) is 16.3 Å². The third kappa shape index (κ3) is 4.17. The largest absolute Gasteiger partial charge is 0.495 e. The highest BCUT2D eigenvalue weighted by Gasteiger charge is 2.06. The molecule has 5 nitrogen and oxygen atoms in total. The number of nitrogens with zero attached hydrogens (tertiary/aromatic N) is 3. The lowest BCUT2D eigenvalue weighted by molar-refractivity contribution is 0.415. The molecular formula is C19H21ClN4O. The second-order valence-electron chi connectivity index (χ2n) is 5.90. The molecule has 2 heterocycles. The number of hydrogen-bond acceptors (Lipinski definition) is 5. The second-order valence-corrected chi connectivity index (χ2v) is 6.31. The number of aromatic nitrogens is 2. The molecule has 1 aromatic heterocycles. The number of nitrogens with one attached hydrogen (secondary N) is 1. The van der Waals surface area contributed by atoms with Crippen molar-refractivity contribution in [2.45, 2.75) is 26.2 Å². The van der Waals surface area contributed by atoms with Crippen molar-refractivity contribution in [3.05, 3.63) is 58.1 Å². The number of hydrogen-bond donors (Lipinski definition) is 1. The fraction of sp³-hybridized carbons (Fsp3) is 0.316. The van der Waals surface area contributed by atoms with Crippen molar-refractivity contribution >= 4 is 23.0 Å². The van der Waals surface area contributed by atoms with E-state index >= 15 is 0 Å². The van der Waals surface area contributed by atoms with Gasteiger partial charge in [-0.15, -0.1) is 0 Å². The Balaban J connectivity index is 1.79. The van der Waals surface area contributed by atoms with E-state index in [0.29, 0.717) is 10.8 Å². The topological polar surface area (TPSA) is 59.4 Å².